The number of benzene rings is 2. The van der Waals surface area contributed by atoms with Crippen LogP contribution in [0.15, 0.2) is 36.4 Å². The van der Waals surface area contributed by atoms with Crippen LogP contribution < -0.4 is 5.73 Å². The monoisotopic (exact) mass is 332 g/mol. The zero-order chi connectivity index (χ0) is 18.4. The minimum atomic E-state index is -1.15. The number of aryl methyl sites for hydroxylation is 2. The Morgan fingerprint density at radius 1 is 0.958 bits per heavy atom. The van der Waals surface area contributed by atoms with Crippen molar-refractivity contribution >= 4 is 23.3 Å². The Bertz CT molecular complexity index is 801. The molecule has 0 unspecified atom stereocenters. The second-order valence-corrected chi connectivity index (χ2v) is 4.94. The number of nitrogens with zero attached hydrogens (tertiary/aromatic N) is 1. The molecule has 2 rings (SSSR count). The van der Waals surface area contributed by atoms with Crippen LogP contribution in [0, 0.1) is 24.0 Å². The van der Waals surface area contributed by atoms with Gasteiger partial charge < -0.3 is 15.9 Å². The van der Waals surface area contributed by atoms with Crippen molar-refractivity contribution in [3.8, 4) is 0 Å². The topological polar surface area (TPSA) is 144 Å². The van der Waals surface area contributed by atoms with Crippen LogP contribution >= 0.6 is 0 Å². The van der Waals surface area contributed by atoms with Crippen molar-refractivity contribution in [2.45, 2.75) is 13.8 Å². The fourth-order valence-corrected chi connectivity index (χ4v) is 1.82. The van der Waals surface area contributed by atoms with Crippen molar-refractivity contribution in [3.05, 3.63) is 68.8 Å². The zero-order valence-electron chi connectivity index (χ0n) is 13.0. The lowest BCUT2D eigenvalue weighted by molar-refractivity contribution is -0.384. The Kier molecular flexibility index (Phi) is 6.00. The molecule has 0 atom stereocenters. The predicted octanol–water partition coefficient (Wildman–Crippen LogP) is 2.88. The number of nitro benzene ring substituents is 1. The lowest BCUT2D eigenvalue weighted by atomic mass is 10.1. The molecular weight excluding hydrogens is 316 g/mol. The molecule has 0 amide bonds. The Labute approximate surface area is 137 Å². The van der Waals surface area contributed by atoms with Gasteiger partial charge in [-0.1, -0.05) is 12.1 Å². The van der Waals surface area contributed by atoms with Gasteiger partial charge >= 0.3 is 11.9 Å². The van der Waals surface area contributed by atoms with Crippen LogP contribution in [-0.4, -0.2) is 27.1 Å². The maximum Gasteiger partial charge on any atom is 0.336 e. The summed E-state index contributed by atoms with van der Waals surface area (Å²) in [5, 5.41) is 27.6. The number of hydrogen-bond acceptors (Lipinski definition) is 5. The van der Waals surface area contributed by atoms with Crippen molar-refractivity contribution in [1.82, 2.24) is 0 Å². The van der Waals surface area contributed by atoms with Crippen molar-refractivity contribution < 1.29 is 24.7 Å². The summed E-state index contributed by atoms with van der Waals surface area (Å²) in [4.78, 5) is 30.8. The van der Waals surface area contributed by atoms with Crippen molar-refractivity contribution in [3.63, 3.8) is 0 Å². The number of anilines is 1. The maximum absolute atomic E-state index is 10.6. The first-order valence-electron chi connectivity index (χ1n) is 6.71. The summed E-state index contributed by atoms with van der Waals surface area (Å²) in [6.07, 6.45) is 0. The van der Waals surface area contributed by atoms with Gasteiger partial charge in [-0.3, -0.25) is 10.1 Å². The molecule has 0 aliphatic heterocycles. The van der Waals surface area contributed by atoms with Crippen molar-refractivity contribution in [2.24, 2.45) is 0 Å². The number of hydrogen-bond donors (Lipinski definition) is 3. The number of carbonyl (C=O) groups is 2. The second-order valence-electron chi connectivity index (χ2n) is 4.94. The number of rotatable bonds is 3. The number of nitrogen functional groups attached to an aromatic ring is 1. The van der Waals surface area contributed by atoms with E-state index in [-0.39, 0.29) is 16.8 Å². The average Bonchev–Trinajstić information content (AvgIpc) is 2.50. The van der Waals surface area contributed by atoms with Gasteiger partial charge in [-0.05, 0) is 37.1 Å². The molecule has 8 nitrogen and oxygen atoms in total. The largest absolute Gasteiger partial charge is 0.478 e. The summed E-state index contributed by atoms with van der Waals surface area (Å²) >= 11 is 0. The van der Waals surface area contributed by atoms with Gasteiger partial charge in [0.1, 0.15) is 0 Å². The molecule has 8 heteroatoms. The SMILES string of the molecule is Cc1ccc(N)cc1C(=O)O.Cc1ccc([N+](=O)[O-])cc1C(=O)O. The number of aromatic carboxylic acids is 2. The van der Waals surface area contributed by atoms with Gasteiger partial charge in [0.15, 0.2) is 0 Å². The molecule has 0 aliphatic rings. The maximum atomic E-state index is 10.6. The average molecular weight is 332 g/mol. The number of nitrogens with two attached hydrogens (primary N) is 1. The number of carboxylic acid groups (broad SMARTS) is 2. The third-order valence-corrected chi connectivity index (χ3v) is 3.15. The van der Waals surface area contributed by atoms with Crippen molar-refractivity contribution in [1.29, 1.82) is 0 Å². The van der Waals surface area contributed by atoms with Crippen LogP contribution in [0.5, 0.6) is 0 Å². The highest BCUT2D eigenvalue weighted by Crippen LogP contribution is 2.17. The van der Waals surface area contributed by atoms with E-state index in [0.29, 0.717) is 11.3 Å². The molecule has 2 aromatic rings. The van der Waals surface area contributed by atoms with E-state index in [1.54, 1.807) is 26.0 Å². The highest BCUT2D eigenvalue weighted by molar-refractivity contribution is 5.90. The van der Waals surface area contributed by atoms with Crippen LogP contribution in [-0.2, 0) is 0 Å². The van der Waals surface area contributed by atoms with E-state index in [0.717, 1.165) is 11.6 Å². The summed E-state index contributed by atoms with van der Waals surface area (Å²) in [5.41, 5.74) is 7.15. The molecule has 0 saturated carbocycles. The van der Waals surface area contributed by atoms with Gasteiger partial charge in [-0.2, -0.15) is 0 Å². The molecule has 0 aliphatic carbocycles. The molecule has 126 valence electrons. The molecule has 0 radical (unpaired) electrons. The lowest BCUT2D eigenvalue weighted by Crippen LogP contribution is -2.00. The van der Waals surface area contributed by atoms with E-state index < -0.39 is 16.9 Å². The number of non-ortho nitro benzene ring substituents is 1. The Morgan fingerprint density at radius 3 is 1.83 bits per heavy atom. The fourth-order valence-electron chi connectivity index (χ4n) is 1.82. The fraction of sp³-hybridized carbons (Fsp3) is 0.125. The molecular formula is C16H16N2O6. The highest BCUT2D eigenvalue weighted by Gasteiger charge is 2.12. The molecule has 4 N–H and O–H groups in total. The molecule has 0 spiro atoms. The van der Waals surface area contributed by atoms with E-state index >= 15 is 0 Å². The summed E-state index contributed by atoms with van der Waals surface area (Å²) in [7, 11) is 0. The van der Waals surface area contributed by atoms with Gasteiger partial charge in [-0.25, -0.2) is 9.59 Å². The van der Waals surface area contributed by atoms with E-state index in [1.165, 1.54) is 18.2 Å². The second kappa shape index (κ2) is 7.73. The molecule has 0 aromatic heterocycles. The summed E-state index contributed by atoms with van der Waals surface area (Å²) in [6, 6.07) is 8.58. The Balaban J connectivity index is 0.000000243. The van der Waals surface area contributed by atoms with Crippen LogP contribution in [0.2, 0.25) is 0 Å². The van der Waals surface area contributed by atoms with Crippen molar-refractivity contribution in [2.75, 3.05) is 5.73 Å². The zero-order valence-corrected chi connectivity index (χ0v) is 13.0. The van der Waals surface area contributed by atoms with Crippen LogP contribution in [0.25, 0.3) is 0 Å². The normalized spacial score (nSPS) is 9.58. The molecule has 0 fully saturated rings. The Hall–Kier alpha value is -3.42. The molecule has 2 aromatic carbocycles. The number of nitro groups is 1. The van der Waals surface area contributed by atoms with Crippen LogP contribution in [0.4, 0.5) is 11.4 Å². The summed E-state index contributed by atoms with van der Waals surface area (Å²) in [6.45, 7) is 3.33. The number of carboxylic acids is 2. The van der Waals surface area contributed by atoms with E-state index in [4.69, 9.17) is 15.9 Å². The first-order chi connectivity index (χ1) is 11.1. The molecule has 0 saturated heterocycles. The van der Waals surface area contributed by atoms with Gasteiger partial charge in [0.25, 0.3) is 5.69 Å². The molecule has 0 heterocycles. The smallest absolute Gasteiger partial charge is 0.336 e. The van der Waals surface area contributed by atoms with Gasteiger partial charge in [-0.15, -0.1) is 0 Å². The molecule has 24 heavy (non-hydrogen) atoms. The Morgan fingerprint density at radius 2 is 1.42 bits per heavy atom. The standard InChI is InChI=1S/C8H7NO4.C8H9NO2/c1-5-2-3-6(9(12)13)4-7(5)8(10)11;1-5-2-3-6(9)4-7(5)8(10)11/h2-4H,1H3,(H,10,11);2-4H,9H2,1H3,(H,10,11). The van der Waals surface area contributed by atoms with Crippen LogP contribution in [0.1, 0.15) is 31.8 Å². The quantitative estimate of drug-likeness (QED) is 0.445. The minimum absolute atomic E-state index is 0.0331. The first-order valence-corrected chi connectivity index (χ1v) is 6.71. The van der Waals surface area contributed by atoms with Gasteiger partial charge in [0.2, 0.25) is 0 Å². The summed E-state index contributed by atoms with van der Waals surface area (Å²) < 4.78 is 0. The van der Waals surface area contributed by atoms with Gasteiger partial charge in [0, 0.05) is 17.8 Å². The predicted molar refractivity (Wildman–Crippen MR) is 87.3 cm³/mol. The third kappa shape index (κ3) is 4.80. The van der Waals surface area contributed by atoms with E-state index in [2.05, 4.69) is 0 Å². The minimum Gasteiger partial charge on any atom is -0.478 e. The van der Waals surface area contributed by atoms with E-state index in [9.17, 15) is 19.7 Å². The van der Waals surface area contributed by atoms with Gasteiger partial charge in [0.05, 0.1) is 16.1 Å². The molecule has 0 bridgehead atoms. The highest BCUT2D eigenvalue weighted by atomic mass is 16.6. The third-order valence-electron chi connectivity index (χ3n) is 3.15. The van der Waals surface area contributed by atoms with Crippen LogP contribution in [0.3, 0.4) is 0 Å². The lowest BCUT2D eigenvalue weighted by Gasteiger charge is -2.00. The first kappa shape index (κ1) is 18.6. The van der Waals surface area contributed by atoms with E-state index in [1.807, 2.05) is 0 Å². The summed E-state index contributed by atoms with van der Waals surface area (Å²) in [5.74, 6) is -2.09.